The number of aliphatic carboxylic acids is 1. The summed E-state index contributed by atoms with van der Waals surface area (Å²) in [6.45, 7) is 3.73. The molecule has 0 aromatic heterocycles. The van der Waals surface area contributed by atoms with E-state index in [-0.39, 0.29) is 5.91 Å². The lowest BCUT2D eigenvalue weighted by Gasteiger charge is -2.14. The van der Waals surface area contributed by atoms with Crippen molar-refractivity contribution in [1.82, 2.24) is 0 Å². The predicted octanol–water partition coefficient (Wildman–Crippen LogP) is 4.26. The molecule has 0 saturated carbocycles. The molecular formula is C21H19NO5S2. The summed E-state index contributed by atoms with van der Waals surface area (Å²) in [6, 6.07) is 12.7. The van der Waals surface area contributed by atoms with Gasteiger partial charge in [-0.2, -0.15) is 0 Å². The standard InChI is InChI=1S/C21H19NO5S2/c1-3-26-17-10-14(6-9-16(17)27-12-19(23)24)11-18-20(25)22(21(28)29-18)15-7-4-13(2)5-8-15/h4-11H,3,12H2,1-2H3,(H,23,24)/b18-11+. The van der Waals surface area contributed by atoms with E-state index in [9.17, 15) is 9.59 Å². The highest BCUT2D eigenvalue weighted by Gasteiger charge is 2.33. The van der Waals surface area contributed by atoms with Crippen LogP contribution < -0.4 is 14.4 Å². The molecule has 0 bridgehead atoms. The molecule has 0 atom stereocenters. The normalized spacial score (nSPS) is 15.1. The molecule has 1 saturated heterocycles. The number of thioether (sulfide) groups is 1. The minimum atomic E-state index is -1.07. The molecule has 2 aromatic carbocycles. The van der Waals surface area contributed by atoms with E-state index in [4.69, 9.17) is 26.8 Å². The van der Waals surface area contributed by atoms with Gasteiger partial charge in [-0.1, -0.05) is 47.7 Å². The summed E-state index contributed by atoms with van der Waals surface area (Å²) in [5.41, 5.74) is 2.55. The fourth-order valence-corrected chi connectivity index (χ4v) is 3.98. The number of nitrogens with zero attached hydrogens (tertiary/aromatic N) is 1. The summed E-state index contributed by atoms with van der Waals surface area (Å²) in [5, 5.41) is 8.80. The molecule has 2 aromatic rings. The molecule has 8 heteroatoms. The van der Waals surface area contributed by atoms with Gasteiger partial charge in [0.15, 0.2) is 22.4 Å². The number of benzene rings is 2. The van der Waals surface area contributed by atoms with E-state index in [0.29, 0.717) is 27.3 Å². The van der Waals surface area contributed by atoms with Crippen molar-refractivity contribution in [2.24, 2.45) is 0 Å². The summed E-state index contributed by atoms with van der Waals surface area (Å²) in [5.74, 6) is -0.514. The maximum atomic E-state index is 12.9. The molecule has 3 rings (SSSR count). The number of carbonyl (C=O) groups excluding carboxylic acids is 1. The van der Waals surface area contributed by atoms with E-state index in [0.717, 1.165) is 16.8 Å². The Bertz CT molecular complexity index is 985. The SMILES string of the molecule is CCOc1cc(/C=C2/SC(=S)N(c3ccc(C)cc3)C2=O)ccc1OCC(=O)O. The lowest BCUT2D eigenvalue weighted by atomic mass is 10.1. The number of rotatable bonds is 7. The van der Waals surface area contributed by atoms with Gasteiger partial charge in [0.25, 0.3) is 5.91 Å². The van der Waals surface area contributed by atoms with Crippen molar-refractivity contribution in [2.75, 3.05) is 18.1 Å². The zero-order chi connectivity index (χ0) is 21.0. The fraction of sp³-hybridized carbons (Fsp3) is 0.190. The third kappa shape index (κ3) is 4.96. The van der Waals surface area contributed by atoms with Crippen LogP contribution in [0.2, 0.25) is 0 Å². The van der Waals surface area contributed by atoms with Crippen LogP contribution in [-0.2, 0) is 9.59 Å². The Balaban J connectivity index is 1.86. The zero-order valence-corrected chi connectivity index (χ0v) is 17.5. The minimum Gasteiger partial charge on any atom is -0.490 e. The Labute approximate surface area is 178 Å². The lowest BCUT2D eigenvalue weighted by Crippen LogP contribution is -2.27. The largest absolute Gasteiger partial charge is 0.490 e. The van der Waals surface area contributed by atoms with Crippen molar-refractivity contribution in [3.63, 3.8) is 0 Å². The average molecular weight is 430 g/mol. The van der Waals surface area contributed by atoms with Crippen molar-refractivity contribution in [3.8, 4) is 11.5 Å². The third-order valence-corrected chi connectivity index (χ3v) is 5.30. The van der Waals surface area contributed by atoms with Crippen LogP contribution in [0.5, 0.6) is 11.5 Å². The van der Waals surface area contributed by atoms with Crippen LogP contribution in [0.4, 0.5) is 5.69 Å². The van der Waals surface area contributed by atoms with Crippen LogP contribution in [-0.4, -0.2) is 34.5 Å². The molecule has 1 N–H and O–H groups in total. The Morgan fingerprint density at radius 2 is 1.90 bits per heavy atom. The van der Waals surface area contributed by atoms with E-state index in [1.165, 1.54) is 16.7 Å². The second kappa shape index (κ2) is 9.11. The van der Waals surface area contributed by atoms with Crippen LogP contribution in [0.15, 0.2) is 47.4 Å². The molecule has 0 spiro atoms. The average Bonchev–Trinajstić information content (AvgIpc) is 2.95. The van der Waals surface area contributed by atoms with Gasteiger partial charge in [-0.15, -0.1) is 0 Å². The first kappa shape index (κ1) is 20.9. The fourth-order valence-electron chi connectivity index (χ4n) is 2.68. The summed E-state index contributed by atoms with van der Waals surface area (Å²) < 4.78 is 11.3. The summed E-state index contributed by atoms with van der Waals surface area (Å²) >= 11 is 6.63. The van der Waals surface area contributed by atoms with Gasteiger partial charge in [-0.05, 0) is 49.8 Å². The Kier molecular flexibility index (Phi) is 6.56. The number of amides is 1. The van der Waals surface area contributed by atoms with Gasteiger partial charge >= 0.3 is 5.97 Å². The van der Waals surface area contributed by atoms with Crippen LogP contribution in [0.3, 0.4) is 0 Å². The summed E-state index contributed by atoms with van der Waals surface area (Å²) in [7, 11) is 0. The maximum absolute atomic E-state index is 12.9. The van der Waals surface area contributed by atoms with Crippen LogP contribution in [0, 0.1) is 6.92 Å². The van der Waals surface area contributed by atoms with Crippen molar-refractivity contribution in [2.45, 2.75) is 13.8 Å². The number of hydrogen-bond acceptors (Lipinski definition) is 6. The van der Waals surface area contributed by atoms with Gasteiger partial charge in [0.1, 0.15) is 0 Å². The second-order valence-corrected chi connectivity index (χ2v) is 7.85. The molecule has 0 radical (unpaired) electrons. The summed E-state index contributed by atoms with van der Waals surface area (Å²) in [4.78, 5) is 25.6. The first-order valence-corrected chi connectivity index (χ1v) is 10.1. The quantitative estimate of drug-likeness (QED) is 0.520. The molecule has 0 aliphatic carbocycles. The van der Waals surface area contributed by atoms with Gasteiger partial charge in [0, 0.05) is 0 Å². The van der Waals surface area contributed by atoms with Gasteiger partial charge in [-0.25, -0.2) is 4.79 Å². The number of thiocarbonyl (C=S) groups is 1. The number of hydrogen-bond donors (Lipinski definition) is 1. The van der Waals surface area contributed by atoms with E-state index >= 15 is 0 Å². The Morgan fingerprint density at radius 1 is 1.17 bits per heavy atom. The molecule has 150 valence electrons. The number of aryl methyl sites for hydroxylation is 1. The summed E-state index contributed by atoms with van der Waals surface area (Å²) in [6.07, 6.45) is 1.73. The topological polar surface area (TPSA) is 76.1 Å². The number of anilines is 1. The van der Waals surface area contributed by atoms with Gasteiger partial charge in [0.05, 0.1) is 17.2 Å². The van der Waals surface area contributed by atoms with Gasteiger partial charge in [0.2, 0.25) is 0 Å². The molecule has 1 heterocycles. The van der Waals surface area contributed by atoms with Crippen LogP contribution in [0.1, 0.15) is 18.1 Å². The van der Waals surface area contributed by atoms with Crippen LogP contribution >= 0.6 is 24.0 Å². The lowest BCUT2D eigenvalue weighted by molar-refractivity contribution is -0.139. The van der Waals surface area contributed by atoms with E-state index < -0.39 is 12.6 Å². The van der Waals surface area contributed by atoms with E-state index in [1.54, 1.807) is 24.3 Å². The van der Waals surface area contributed by atoms with Crippen molar-refractivity contribution >= 4 is 51.9 Å². The van der Waals surface area contributed by atoms with Gasteiger partial charge in [-0.3, -0.25) is 9.69 Å². The van der Waals surface area contributed by atoms with Crippen molar-refractivity contribution in [1.29, 1.82) is 0 Å². The van der Waals surface area contributed by atoms with Gasteiger partial charge < -0.3 is 14.6 Å². The number of carboxylic acid groups (broad SMARTS) is 1. The van der Waals surface area contributed by atoms with Crippen molar-refractivity contribution < 1.29 is 24.2 Å². The third-order valence-electron chi connectivity index (χ3n) is 4.00. The molecule has 29 heavy (non-hydrogen) atoms. The smallest absolute Gasteiger partial charge is 0.341 e. The Hall–Kier alpha value is -2.84. The minimum absolute atomic E-state index is 0.187. The van der Waals surface area contributed by atoms with Crippen molar-refractivity contribution in [3.05, 3.63) is 58.5 Å². The zero-order valence-electron chi connectivity index (χ0n) is 15.9. The number of carbonyl (C=O) groups is 2. The highest BCUT2D eigenvalue weighted by Crippen LogP contribution is 2.37. The van der Waals surface area contributed by atoms with Crippen LogP contribution in [0.25, 0.3) is 6.08 Å². The first-order chi connectivity index (χ1) is 13.9. The molecule has 1 fully saturated rings. The Morgan fingerprint density at radius 3 is 2.55 bits per heavy atom. The molecule has 0 unspecified atom stereocenters. The molecule has 1 amide bonds. The highest BCUT2D eigenvalue weighted by atomic mass is 32.2. The number of carboxylic acids is 1. The molecular weight excluding hydrogens is 410 g/mol. The highest BCUT2D eigenvalue weighted by molar-refractivity contribution is 8.27. The molecule has 1 aliphatic rings. The molecule has 1 aliphatic heterocycles. The predicted molar refractivity (Wildman–Crippen MR) is 118 cm³/mol. The second-order valence-electron chi connectivity index (χ2n) is 6.17. The number of ether oxygens (including phenoxy) is 2. The monoisotopic (exact) mass is 429 g/mol. The van der Waals surface area contributed by atoms with E-state index in [2.05, 4.69) is 0 Å². The molecule has 6 nitrogen and oxygen atoms in total. The first-order valence-electron chi connectivity index (χ1n) is 8.85. The maximum Gasteiger partial charge on any atom is 0.341 e. The van der Waals surface area contributed by atoms with E-state index in [1.807, 2.05) is 38.1 Å².